The fourth-order valence-corrected chi connectivity index (χ4v) is 3.52. The molecular formula is C19H17F3N4O. The number of aromatic nitrogens is 3. The molecule has 1 saturated heterocycles. The van der Waals surface area contributed by atoms with Crippen molar-refractivity contribution in [2.24, 2.45) is 0 Å². The van der Waals surface area contributed by atoms with Gasteiger partial charge in [0.05, 0.1) is 28.5 Å². The van der Waals surface area contributed by atoms with Crippen LogP contribution in [0.3, 0.4) is 0 Å². The van der Waals surface area contributed by atoms with Crippen LogP contribution in [0, 0.1) is 0 Å². The lowest BCUT2D eigenvalue weighted by Gasteiger charge is -2.33. The van der Waals surface area contributed by atoms with Crippen LogP contribution < -0.4 is 0 Å². The largest absolute Gasteiger partial charge is 0.416 e. The van der Waals surface area contributed by atoms with Crippen molar-refractivity contribution >= 4 is 16.9 Å². The monoisotopic (exact) mass is 374 g/mol. The number of carbonyl (C=O) groups is 1. The minimum absolute atomic E-state index is 0.0492. The molecule has 3 heterocycles. The Hall–Kier alpha value is -2.90. The summed E-state index contributed by atoms with van der Waals surface area (Å²) in [5, 5.41) is 0. The van der Waals surface area contributed by atoms with E-state index in [1.165, 1.54) is 6.07 Å². The van der Waals surface area contributed by atoms with Gasteiger partial charge in [-0.1, -0.05) is 0 Å². The summed E-state index contributed by atoms with van der Waals surface area (Å²) in [6.07, 6.45) is 1.83. The number of nitrogens with zero attached hydrogens (tertiary/aromatic N) is 4. The van der Waals surface area contributed by atoms with Crippen molar-refractivity contribution < 1.29 is 18.0 Å². The van der Waals surface area contributed by atoms with Crippen molar-refractivity contribution in [2.75, 3.05) is 13.1 Å². The van der Waals surface area contributed by atoms with E-state index in [4.69, 9.17) is 0 Å². The van der Waals surface area contributed by atoms with Crippen molar-refractivity contribution in [1.82, 2.24) is 19.4 Å². The molecule has 0 N–H and O–H groups in total. The van der Waals surface area contributed by atoms with Crippen molar-refractivity contribution in [3.63, 3.8) is 0 Å². The molecule has 1 amide bonds. The van der Waals surface area contributed by atoms with E-state index in [0.29, 0.717) is 29.7 Å². The standard InChI is InChI=1S/C19H17F3N4O/c20-19(21,22)14-3-4-17-16(10-14)24-12-26(17)15-5-8-25(9-6-15)18(27)13-2-1-7-23-11-13/h1-4,7,10-12,15H,5-6,8-9H2. The maximum atomic E-state index is 12.9. The van der Waals surface area contributed by atoms with Crippen LogP contribution in [0.2, 0.25) is 0 Å². The molecule has 8 heteroatoms. The highest BCUT2D eigenvalue weighted by molar-refractivity contribution is 5.93. The molecule has 2 aromatic heterocycles. The van der Waals surface area contributed by atoms with Gasteiger partial charge >= 0.3 is 6.18 Å². The van der Waals surface area contributed by atoms with Gasteiger partial charge in [0.15, 0.2) is 0 Å². The fourth-order valence-electron chi connectivity index (χ4n) is 3.52. The molecule has 27 heavy (non-hydrogen) atoms. The van der Waals surface area contributed by atoms with E-state index in [2.05, 4.69) is 9.97 Å². The maximum Gasteiger partial charge on any atom is 0.416 e. The van der Waals surface area contributed by atoms with Gasteiger partial charge in [-0.2, -0.15) is 13.2 Å². The van der Waals surface area contributed by atoms with Crippen LogP contribution >= 0.6 is 0 Å². The first-order valence-corrected chi connectivity index (χ1v) is 8.66. The Kier molecular flexibility index (Phi) is 4.33. The van der Waals surface area contributed by atoms with E-state index >= 15 is 0 Å². The number of hydrogen-bond donors (Lipinski definition) is 0. The summed E-state index contributed by atoms with van der Waals surface area (Å²) in [5.41, 5.74) is 0.875. The minimum Gasteiger partial charge on any atom is -0.338 e. The number of alkyl halides is 3. The van der Waals surface area contributed by atoms with Gasteiger partial charge in [-0.15, -0.1) is 0 Å². The van der Waals surface area contributed by atoms with Gasteiger partial charge in [-0.3, -0.25) is 9.78 Å². The molecule has 1 aliphatic heterocycles. The summed E-state index contributed by atoms with van der Waals surface area (Å²) in [7, 11) is 0. The Balaban J connectivity index is 1.49. The third-order valence-electron chi connectivity index (χ3n) is 4.96. The first-order chi connectivity index (χ1) is 12.9. The molecule has 1 fully saturated rings. The van der Waals surface area contributed by atoms with Crippen molar-refractivity contribution in [2.45, 2.75) is 25.1 Å². The molecule has 5 nitrogen and oxygen atoms in total. The molecule has 4 rings (SSSR count). The zero-order valence-electron chi connectivity index (χ0n) is 14.4. The van der Waals surface area contributed by atoms with Crippen molar-refractivity contribution in [1.29, 1.82) is 0 Å². The van der Waals surface area contributed by atoms with Gasteiger partial charge < -0.3 is 9.47 Å². The summed E-state index contributed by atoms with van der Waals surface area (Å²) >= 11 is 0. The zero-order valence-corrected chi connectivity index (χ0v) is 14.4. The molecule has 1 aromatic carbocycles. The predicted octanol–water partition coefficient (Wildman–Crippen LogP) is 3.93. The van der Waals surface area contributed by atoms with Crippen LogP contribution in [0.4, 0.5) is 13.2 Å². The first kappa shape index (κ1) is 17.5. The number of fused-ring (bicyclic) bond motifs is 1. The lowest BCUT2D eigenvalue weighted by molar-refractivity contribution is -0.137. The molecule has 0 spiro atoms. The number of carbonyl (C=O) groups excluding carboxylic acids is 1. The molecule has 1 aliphatic rings. The van der Waals surface area contributed by atoms with Gasteiger partial charge in [-0.05, 0) is 43.2 Å². The molecule has 0 radical (unpaired) electrons. The van der Waals surface area contributed by atoms with E-state index < -0.39 is 11.7 Å². The predicted molar refractivity (Wildman–Crippen MR) is 93.1 cm³/mol. The van der Waals surface area contributed by atoms with Crippen LogP contribution in [0.5, 0.6) is 0 Å². The maximum absolute atomic E-state index is 12.9. The minimum atomic E-state index is -4.38. The number of benzene rings is 1. The number of rotatable bonds is 2. The van der Waals surface area contributed by atoms with Crippen LogP contribution in [-0.2, 0) is 6.18 Å². The topological polar surface area (TPSA) is 51.0 Å². The van der Waals surface area contributed by atoms with Crippen LogP contribution in [0.1, 0.15) is 34.8 Å². The van der Waals surface area contributed by atoms with Crippen LogP contribution in [-0.4, -0.2) is 38.4 Å². The first-order valence-electron chi connectivity index (χ1n) is 8.66. The number of amides is 1. The van der Waals surface area contributed by atoms with E-state index in [-0.39, 0.29) is 11.9 Å². The lowest BCUT2D eigenvalue weighted by Crippen LogP contribution is -2.39. The van der Waals surface area contributed by atoms with Gasteiger partial charge in [-0.25, -0.2) is 4.98 Å². The van der Waals surface area contributed by atoms with Crippen LogP contribution in [0.25, 0.3) is 11.0 Å². The molecule has 3 aromatic rings. The summed E-state index contributed by atoms with van der Waals surface area (Å²) in [6, 6.07) is 7.20. The SMILES string of the molecule is O=C(c1cccnc1)N1CCC(n2cnc3cc(C(F)(F)F)ccc32)CC1. The highest BCUT2D eigenvalue weighted by Crippen LogP contribution is 2.33. The number of halogens is 3. The number of likely N-dealkylation sites (tertiary alicyclic amines) is 1. The Morgan fingerprint density at radius 3 is 2.59 bits per heavy atom. The Labute approximate surface area is 153 Å². The highest BCUT2D eigenvalue weighted by Gasteiger charge is 2.31. The van der Waals surface area contributed by atoms with Gasteiger partial charge in [0.25, 0.3) is 5.91 Å². The third-order valence-corrected chi connectivity index (χ3v) is 4.96. The number of hydrogen-bond acceptors (Lipinski definition) is 3. The number of piperidine rings is 1. The van der Waals surface area contributed by atoms with Crippen LogP contribution in [0.15, 0.2) is 49.1 Å². The van der Waals surface area contributed by atoms with Gasteiger partial charge in [0.1, 0.15) is 0 Å². The number of pyridine rings is 1. The molecular weight excluding hydrogens is 357 g/mol. The van der Waals surface area contributed by atoms with E-state index in [0.717, 1.165) is 25.0 Å². The Bertz CT molecular complexity index is 960. The average molecular weight is 374 g/mol. The van der Waals surface area contributed by atoms with E-state index in [1.807, 2.05) is 4.57 Å². The zero-order chi connectivity index (χ0) is 19.0. The summed E-state index contributed by atoms with van der Waals surface area (Å²) in [6.45, 7) is 1.16. The second-order valence-electron chi connectivity index (χ2n) is 6.62. The molecule has 0 saturated carbocycles. The van der Waals surface area contributed by atoms with Crippen molar-refractivity contribution in [3.05, 3.63) is 60.2 Å². The second kappa shape index (κ2) is 6.68. The van der Waals surface area contributed by atoms with E-state index in [1.54, 1.807) is 35.8 Å². The number of imidazole rings is 1. The smallest absolute Gasteiger partial charge is 0.338 e. The third kappa shape index (κ3) is 3.39. The lowest BCUT2D eigenvalue weighted by atomic mass is 10.0. The van der Waals surface area contributed by atoms with E-state index in [9.17, 15) is 18.0 Å². The molecule has 0 aliphatic carbocycles. The normalized spacial score (nSPS) is 16.0. The molecule has 0 atom stereocenters. The fraction of sp³-hybridized carbons (Fsp3) is 0.316. The highest BCUT2D eigenvalue weighted by atomic mass is 19.4. The Morgan fingerprint density at radius 2 is 1.93 bits per heavy atom. The molecule has 0 unspecified atom stereocenters. The quantitative estimate of drug-likeness (QED) is 0.683. The second-order valence-corrected chi connectivity index (χ2v) is 6.62. The Morgan fingerprint density at radius 1 is 1.15 bits per heavy atom. The van der Waals surface area contributed by atoms with Gasteiger partial charge in [0.2, 0.25) is 0 Å². The summed E-state index contributed by atoms with van der Waals surface area (Å²) in [5.74, 6) is -0.0492. The molecule has 0 bridgehead atoms. The summed E-state index contributed by atoms with van der Waals surface area (Å²) < 4.78 is 40.5. The molecule has 140 valence electrons. The summed E-state index contributed by atoms with van der Waals surface area (Å²) in [4.78, 5) is 22.4. The van der Waals surface area contributed by atoms with Gasteiger partial charge in [0, 0.05) is 31.5 Å². The van der Waals surface area contributed by atoms with Crippen molar-refractivity contribution in [3.8, 4) is 0 Å². The average Bonchev–Trinajstić information content (AvgIpc) is 3.11.